The van der Waals surface area contributed by atoms with Gasteiger partial charge in [-0.3, -0.25) is 9.59 Å². The van der Waals surface area contributed by atoms with Crippen molar-refractivity contribution in [2.75, 3.05) is 0 Å². The summed E-state index contributed by atoms with van der Waals surface area (Å²) in [5.41, 5.74) is 7.80. The molecule has 14 nitrogen and oxygen atoms in total. The Morgan fingerprint density at radius 2 is 0.750 bits per heavy atom. The van der Waals surface area contributed by atoms with Gasteiger partial charge in [-0.15, -0.1) is 0 Å². The second-order valence-corrected chi connectivity index (χ2v) is 7.30. The molecule has 0 aromatic heterocycles. The summed E-state index contributed by atoms with van der Waals surface area (Å²) in [6, 6.07) is 0.992. The van der Waals surface area contributed by atoms with Crippen LogP contribution in [0.3, 0.4) is 0 Å². The van der Waals surface area contributed by atoms with Gasteiger partial charge in [0.05, 0.1) is 35.9 Å². The molecular formula is C18H30N2O12. The molecule has 2 saturated carbocycles. The Bertz CT molecular complexity index is 570. The summed E-state index contributed by atoms with van der Waals surface area (Å²) in [4.78, 5) is 56.9. The smallest absolute Gasteiger partial charge is 0.414 e. The lowest BCUT2D eigenvalue weighted by Gasteiger charge is -2.20. The van der Waals surface area contributed by atoms with E-state index in [-0.39, 0.29) is 11.8 Å². The molecule has 2 fully saturated rings. The van der Waals surface area contributed by atoms with E-state index in [0.29, 0.717) is 12.1 Å². The van der Waals surface area contributed by atoms with Gasteiger partial charge in [0.15, 0.2) is 0 Å². The van der Waals surface area contributed by atoms with E-state index < -0.39 is 35.8 Å². The van der Waals surface area contributed by atoms with E-state index in [1.54, 1.807) is 0 Å². The predicted molar refractivity (Wildman–Crippen MR) is 97.8 cm³/mol. The van der Waals surface area contributed by atoms with Crippen LogP contribution in [-0.2, 0) is 28.8 Å². The van der Waals surface area contributed by atoms with E-state index in [4.69, 9.17) is 49.8 Å². The highest BCUT2D eigenvalue weighted by atomic mass is 16.4. The van der Waals surface area contributed by atoms with Crippen molar-refractivity contribution in [2.45, 2.75) is 63.5 Å². The predicted octanol–water partition coefficient (Wildman–Crippen LogP) is -4.61. The number of aliphatic carboxylic acids is 6. The molecule has 0 aromatic rings. The molecule has 0 atom stereocenters. The van der Waals surface area contributed by atoms with Crippen LogP contribution in [0.5, 0.6) is 0 Å². The minimum absolute atomic E-state index is 0.0852. The van der Waals surface area contributed by atoms with Gasteiger partial charge in [-0.2, -0.15) is 0 Å². The molecule has 32 heavy (non-hydrogen) atoms. The lowest BCUT2D eigenvalue weighted by atomic mass is 9.87. The quantitative estimate of drug-likeness (QED) is 0.209. The highest BCUT2D eigenvalue weighted by Crippen LogP contribution is 2.22. The molecule has 2 aliphatic rings. The highest BCUT2D eigenvalue weighted by Gasteiger charge is 2.26. The largest absolute Gasteiger partial charge is 0.543 e. The topological polar surface area (TPSA) is 285 Å². The van der Waals surface area contributed by atoms with Crippen molar-refractivity contribution in [3.8, 4) is 0 Å². The molecule has 2 rings (SSSR count). The molecule has 0 unspecified atom stereocenters. The van der Waals surface area contributed by atoms with Crippen LogP contribution in [0.4, 0.5) is 0 Å². The number of quaternary nitrogens is 2. The van der Waals surface area contributed by atoms with Crippen LogP contribution in [0.2, 0.25) is 0 Å². The Kier molecular flexibility index (Phi) is 15.9. The van der Waals surface area contributed by atoms with Gasteiger partial charge in [0.2, 0.25) is 0 Å². The number of carbonyl (C=O) groups is 6. The SMILES string of the molecule is O=C(O)C(=O)O.O=C([O-])C(=O)[O-].[NH3+]C1CCC(C(=O)O)CC1.[NH3+]C1CCC(C(=O)O)CC1. The summed E-state index contributed by atoms with van der Waals surface area (Å²) >= 11 is 0. The van der Waals surface area contributed by atoms with Gasteiger partial charge in [-0.1, -0.05) is 0 Å². The van der Waals surface area contributed by atoms with Crippen molar-refractivity contribution >= 4 is 35.8 Å². The molecule has 184 valence electrons. The second kappa shape index (κ2) is 16.4. The first-order valence-corrected chi connectivity index (χ1v) is 9.69. The summed E-state index contributed by atoms with van der Waals surface area (Å²) in [7, 11) is 0. The van der Waals surface area contributed by atoms with Crippen LogP contribution in [0, 0.1) is 11.8 Å². The fourth-order valence-corrected chi connectivity index (χ4v) is 2.82. The molecule has 0 spiro atoms. The van der Waals surface area contributed by atoms with Crippen molar-refractivity contribution in [3.63, 3.8) is 0 Å². The number of carbonyl (C=O) groups excluding carboxylic acids is 2. The van der Waals surface area contributed by atoms with Gasteiger partial charge >= 0.3 is 23.9 Å². The van der Waals surface area contributed by atoms with Crippen LogP contribution in [0.25, 0.3) is 0 Å². The maximum absolute atomic E-state index is 10.4. The van der Waals surface area contributed by atoms with E-state index in [9.17, 15) is 9.59 Å². The molecule has 10 N–H and O–H groups in total. The average Bonchev–Trinajstić information content (AvgIpc) is 2.70. The summed E-state index contributed by atoms with van der Waals surface area (Å²) < 4.78 is 0. The third-order valence-corrected chi connectivity index (χ3v) is 4.74. The minimum Gasteiger partial charge on any atom is -0.543 e. The van der Waals surface area contributed by atoms with Gasteiger partial charge in [0, 0.05) is 25.7 Å². The Balaban J connectivity index is 0. The average molecular weight is 466 g/mol. The van der Waals surface area contributed by atoms with Crippen LogP contribution >= 0.6 is 0 Å². The van der Waals surface area contributed by atoms with Crippen molar-refractivity contribution in [1.29, 1.82) is 0 Å². The van der Waals surface area contributed by atoms with Crippen molar-refractivity contribution in [2.24, 2.45) is 11.8 Å². The Morgan fingerprint density at radius 1 is 0.531 bits per heavy atom. The van der Waals surface area contributed by atoms with E-state index in [2.05, 4.69) is 11.5 Å². The van der Waals surface area contributed by atoms with E-state index in [0.717, 1.165) is 51.4 Å². The second-order valence-electron chi connectivity index (χ2n) is 7.30. The van der Waals surface area contributed by atoms with Gasteiger partial charge in [-0.25, -0.2) is 9.59 Å². The van der Waals surface area contributed by atoms with Gasteiger partial charge in [0.1, 0.15) is 0 Å². The lowest BCUT2D eigenvalue weighted by Crippen LogP contribution is -2.62. The van der Waals surface area contributed by atoms with Crippen LogP contribution in [0.1, 0.15) is 51.4 Å². The zero-order chi connectivity index (χ0) is 25.4. The molecule has 14 heteroatoms. The molecule has 0 bridgehead atoms. The Labute approximate surface area is 182 Å². The van der Waals surface area contributed by atoms with Crippen LogP contribution in [-0.4, -0.2) is 68.3 Å². The summed E-state index contributed by atoms with van der Waals surface area (Å²) in [5.74, 6) is -9.45. The van der Waals surface area contributed by atoms with E-state index in [1.807, 2.05) is 0 Å². The molecule has 0 radical (unpaired) electrons. The van der Waals surface area contributed by atoms with Gasteiger partial charge in [-0.05, 0) is 25.7 Å². The maximum atomic E-state index is 10.4. The molecular weight excluding hydrogens is 436 g/mol. The lowest BCUT2D eigenvalue weighted by molar-refractivity contribution is -0.426. The van der Waals surface area contributed by atoms with E-state index in [1.165, 1.54) is 0 Å². The number of carboxylic acids is 6. The third kappa shape index (κ3) is 16.5. The molecule has 2 aliphatic carbocycles. The monoisotopic (exact) mass is 466 g/mol. The molecule has 0 aromatic carbocycles. The van der Waals surface area contributed by atoms with Crippen LogP contribution < -0.4 is 21.7 Å². The Morgan fingerprint density at radius 3 is 0.875 bits per heavy atom. The molecule has 0 saturated heterocycles. The van der Waals surface area contributed by atoms with Crippen LogP contribution in [0.15, 0.2) is 0 Å². The number of carboxylic acid groups (broad SMARTS) is 6. The molecule has 0 aliphatic heterocycles. The fraction of sp³-hybridized carbons (Fsp3) is 0.667. The summed E-state index contributed by atoms with van der Waals surface area (Å²) in [6.07, 6.45) is 7.22. The van der Waals surface area contributed by atoms with Crippen molar-refractivity contribution < 1.29 is 70.9 Å². The minimum atomic E-state index is -2.19. The van der Waals surface area contributed by atoms with Gasteiger partial charge < -0.3 is 51.7 Å². The molecule has 0 heterocycles. The summed E-state index contributed by atoms with van der Waals surface area (Å²) in [6.45, 7) is 0. The normalized spacial score (nSPS) is 23.8. The maximum Gasteiger partial charge on any atom is 0.414 e. The fourth-order valence-electron chi connectivity index (χ4n) is 2.82. The number of hydrogen-bond acceptors (Lipinski definition) is 8. The van der Waals surface area contributed by atoms with Crippen molar-refractivity contribution in [1.82, 2.24) is 0 Å². The summed E-state index contributed by atoms with van der Waals surface area (Å²) in [5, 5.41) is 49.8. The first-order valence-electron chi connectivity index (χ1n) is 9.69. The third-order valence-electron chi connectivity index (χ3n) is 4.74. The standard InChI is InChI=1S/2C7H13NO2.2C2H2O4/c2*8-6-3-1-5(2-4-6)7(9)10;2*3-1(4)2(5)6/h2*5-6H,1-4,8H2,(H,9,10);2*(H,3,4)(H,5,6). The molecule has 0 amide bonds. The number of rotatable bonds is 2. The first-order chi connectivity index (χ1) is 14.7. The van der Waals surface area contributed by atoms with E-state index >= 15 is 0 Å². The highest BCUT2D eigenvalue weighted by molar-refractivity contribution is 6.27. The van der Waals surface area contributed by atoms with Gasteiger partial charge in [0.25, 0.3) is 0 Å². The Hall–Kier alpha value is -3.26. The zero-order valence-electron chi connectivity index (χ0n) is 17.4. The number of hydrogen-bond donors (Lipinski definition) is 6. The van der Waals surface area contributed by atoms with Crippen molar-refractivity contribution in [3.05, 3.63) is 0 Å². The zero-order valence-corrected chi connectivity index (χ0v) is 17.4. The first kappa shape index (κ1) is 30.9.